The number of hydrogen-bond acceptors (Lipinski definition) is 3. The summed E-state index contributed by atoms with van der Waals surface area (Å²) in [4.78, 5) is 11.2. The molecule has 1 rings (SSSR count). The molecule has 15 heavy (non-hydrogen) atoms. The van der Waals surface area contributed by atoms with Crippen LogP contribution in [0.5, 0.6) is 5.75 Å². The third-order valence-corrected chi connectivity index (χ3v) is 2.33. The number of carbonyl (C=O) groups is 1. The van der Waals surface area contributed by atoms with Crippen molar-refractivity contribution in [3.63, 3.8) is 0 Å². The van der Waals surface area contributed by atoms with Crippen LogP contribution in [0.3, 0.4) is 0 Å². The zero-order valence-corrected chi connectivity index (χ0v) is 10.1. The van der Waals surface area contributed by atoms with Gasteiger partial charge in [0.1, 0.15) is 12.4 Å². The molecule has 0 spiro atoms. The van der Waals surface area contributed by atoms with Crippen molar-refractivity contribution in [2.75, 3.05) is 26.1 Å². The van der Waals surface area contributed by atoms with Gasteiger partial charge in [0, 0.05) is 12.8 Å². The molecule has 1 aromatic rings. The Balaban J connectivity index is 2.71. The van der Waals surface area contributed by atoms with Gasteiger partial charge in [-0.1, -0.05) is 0 Å². The monoisotopic (exact) mass is 273 g/mol. The summed E-state index contributed by atoms with van der Waals surface area (Å²) in [7, 11) is 3.06. The minimum atomic E-state index is -0.186. The van der Waals surface area contributed by atoms with E-state index in [-0.39, 0.29) is 12.5 Å². The SMILES string of the molecule is COCC(=O)Nc1ccc(OC)c(Br)c1. The van der Waals surface area contributed by atoms with Gasteiger partial charge in [-0.15, -0.1) is 0 Å². The van der Waals surface area contributed by atoms with E-state index >= 15 is 0 Å². The van der Waals surface area contributed by atoms with Gasteiger partial charge in [0.25, 0.3) is 0 Å². The molecule has 0 aliphatic heterocycles. The third-order valence-electron chi connectivity index (χ3n) is 1.71. The zero-order valence-electron chi connectivity index (χ0n) is 8.54. The fourth-order valence-electron chi connectivity index (χ4n) is 1.07. The number of methoxy groups -OCH3 is 2. The number of benzene rings is 1. The molecule has 0 unspecified atom stereocenters. The number of nitrogens with one attached hydrogen (secondary N) is 1. The Kier molecular flexibility index (Phi) is 4.58. The van der Waals surface area contributed by atoms with Gasteiger partial charge in [-0.3, -0.25) is 4.79 Å². The van der Waals surface area contributed by atoms with E-state index in [1.165, 1.54) is 7.11 Å². The van der Waals surface area contributed by atoms with Crippen molar-refractivity contribution < 1.29 is 14.3 Å². The Morgan fingerprint density at radius 1 is 1.47 bits per heavy atom. The van der Waals surface area contributed by atoms with Gasteiger partial charge in [-0.2, -0.15) is 0 Å². The maximum atomic E-state index is 11.2. The van der Waals surface area contributed by atoms with Gasteiger partial charge in [-0.25, -0.2) is 0 Å². The molecule has 82 valence electrons. The minimum Gasteiger partial charge on any atom is -0.496 e. The van der Waals surface area contributed by atoms with E-state index in [1.807, 2.05) is 0 Å². The molecule has 1 aromatic carbocycles. The minimum absolute atomic E-state index is 0.0453. The number of carbonyl (C=O) groups excluding carboxylic acids is 1. The fraction of sp³-hybridized carbons (Fsp3) is 0.300. The Morgan fingerprint density at radius 2 is 2.20 bits per heavy atom. The molecule has 0 saturated carbocycles. The van der Waals surface area contributed by atoms with Crippen LogP contribution in [-0.4, -0.2) is 26.7 Å². The molecule has 0 aliphatic rings. The summed E-state index contributed by atoms with van der Waals surface area (Å²) in [6.07, 6.45) is 0. The molecule has 0 saturated heterocycles. The van der Waals surface area contributed by atoms with E-state index in [2.05, 4.69) is 21.2 Å². The van der Waals surface area contributed by atoms with Crippen molar-refractivity contribution in [3.05, 3.63) is 22.7 Å². The Labute approximate surface area is 96.7 Å². The Bertz CT molecular complexity index is 355. The largest absolute Gasteiger partial charge is 0.496 e. The van der Waals surface area contributed by atoms with E-state index in [0.29, 0.717) is 5.69 Å². The second kappa shape index (κ2) is 5.72. The quantitative estimate of drug-likeness (QED) is 0.914. The summed E-state index contributed by atoms with van der Waals surface area (Å²) in [6.45, 7) is 0.0453. The van der Waals surface area contributed by atoms with Crippen LogP contribution in [0.15, 0.2) is 22.7 Å². The molecule has 1 amide bonds. The van der Waals surface area contributed by atoms with Gasteiger partial charge >= 0.3 is 0 Å². The van der Waals surface area contributed by atoms with Crippen LogP contribution in [0.2, 0.25) is 0 Å². The third kappa shape index (κ3) is 3.53. The normalized spacial score (nSPS) is 9.80. The first-order valence-corrected chi connectivity index (χ1v) is 5.09. The van der Waals surface area contributed by atoms with Crippen molar-refractivity contribution in [2.24, 2.45) is 0 Å². The molecule has 0 aliphatic carbocycles. The predicted octanol–water partition coefficient (Wildman–Crippen LogP) is 2.04. The molecule has 0 radical (unpaired) electrons. The second-order valence-electron chi connectivity index (χ2n) is 2.83. The molecule has 5 heteroatoms. The average Bonchev–Trinajstić information content (AvgIpc) is 2.18. The Morgan fingerprint density at radius 3 is 2.73 bits per heavy atom. The second-order valence-corrected chi connectivity index (χ2v) is 3.68. The predicted molar refractivity (Wildman–Crippen MR) is 61.2 cm³/mol. The maximum Gasteiger partial charge on any atom is 0.250 e. The van der Waals surface area contributed by atoms with Gasteiger partial charge in [0.15, 0.2) is 0 Å². The molecule has 0 fully saturated rings. The number of ether oxygens (including phenoxy) is 2. The smallest absolute Gasteiger partial charge is 0.250 e. The lowest BCUT2D eigenvalue weighted by molar-refractivity contribution is -0.119. The molecule has 4 nitrogen and oxygen atoms in total. The molecular formula is C10H12BrNO3. The highest BCUT2D eigenvalue weighted by Crippen LogP contribution is 2.27. The summed E-state index contributed by atoms with van der Waals surface area (Å²) in [5.74, 6) is 0.536. The first-order chi connectivity index (χ1) is 7.17. The zero-order chi connectivity index (χ0) is 11.3. The Hall–Kier alpha value is -1.07. The molecule has 1 N–H and O–H groups in total. The highest BCUT2D eigenvalue weighted by Gasteiger charge is 2.04. The summed E-state index contributed by atoms with van der Waals surface area (Å²) in [5.41, 5.74) is 0.699. The topological polar surface area (TPSA) is 47.6 Å². The number of hydrogen-bond donors (Lipinski definition) is 1. The van der Waals surface area contributed by atoms with E-state index in [1.54, 1.807) is 25.3 Å². The van der Waals surface area contributed by atoms with Crippen molar-refractivity contribution in [1.29, 1.82) is 0 Å². The van der Waals surface area contributed by atoms with Gasteiger partial charge < -0.3 is 14.8 Å². The molecule has 0 bridgehead atoms. The van der Waals surface area contributed by atoms with E-state index < -0.39 is 0 Å². The molecule has 0 aromatic heterocycles. The summed E-state index contributed by atoms with van der Waals surface area (Å²) >= 11 is 3.33. The van der Waals surface area contributed by atoms with Crippen molar-refractivity contribution in [2.45, 2.75) is 0 Å². The van der Waals surface area contributed by atoms with Crippen LogP contribution in [-0.2, 0) is 9.53 Å². The summed E-state index contributed by atoms with van der Waals surface area (Å²) in [5, 5.41) is 2.69. The lowest BCUT2D eigenvalue weighted by Crippen LogP contribution is -2.16. The van der Waals surface area contributed by atoms with Gasteiger partial charge in [0.05, 0.1) is 11.6 Å². The summed E-state index contributed by atoms with van der Waals surface area (Å²) in [6, 6.07) is 5.30. The van der Waals surface area contributed by atoms with E-state index in [9.17, 15) is 4.79 Å². The standard InChI is InChI=1S/C10H12BrNO3/c1-14-6-10(13)12-7-3-4-9(15-2)8(11)5-7/h3-5H,6H2,1-2H3,(H,12,13). The highest BCUT2D eigenvalue weighted by atomic mass is 79.9. The van der Waals surface area contributed by atoms with Crippen LogP contribution in [0.25, 0.3) is 0 Å². The van der Waals surface area contributed by atoms with Crippen LogP contribution in [0, 0.1) is 0 Å². The molecular weight excluding hydrogens is 262 g/mol. The highest BCUT2D eigenvalue weighted by molar-refractivity contribution is 9.10. The van der Waals surface area contributed by atoms with Crippen LogP contribution >= 0.6 is 15.9 Å². The first kappa shape index (κ1) is 12.0. The molecule has 0 heterocycles. The number of halogens is 1. The van der Waals surface area contributed by atoms with Gasteiger partial charge in [-0.05, 0) is 34.1 Å². The van der Waals surface area contributed by atoms with E-state index in [4.69, 9.17) is 9.47 Å². The van der Waals surface area contributed by atoms with Crippen LogP contribution in [0.1, 0.15) is 0 Å². The summed E-state index contributed by atoms with van der Waals surface area (Å²) < 4.78 is 10.6. The lowest BCUT2D eigenvalue weighted by atomic mass is 10.3. The van der Waals surface area contributed by atoms with Crippen molar-refractivity contribution in [3.8, 4) is 5.75 Å². The average molecular weight is 274 g/mol. The number of rotatable bonds is 4. The van der Waals surface area contributed by atoms with Crippen LogP contribution < -0.4 is 10.1 Å². The van der Waals surface area contributed by atoms with Crippen molar-refractivity contribution >= 4 is 27.5 Å². The van der Waals surface area contributed by atoms with E-state index in [0.717, 1.165) is 10.2 Å². The van der Waals surface area contributed by atoms with Crippen molar-refractivity contribution in [1.82, 2.24) is 0 Å². The van der Waals surface area contributed by atoms with Crippen LogP contribution in [0.4, 0.5) is 5.69 Å². The van der Waals surface area contributed by atoms with Gasteiger partial charge in [0.2, 0.25) is 5.91 Å². The maximum absolute atomic E-state index is 11.2. The molecule has 0 atom stereocenters. The number of anilines is 1. The fourth-order valence-corrected chi connectivity index (χ4v) is 1.61. The number of amides is 1. The first-order valence-electron chi connectivity index (χ1n) is 4.29. The lowest BCUT2D eigenvalue weighted by Gasteiger charge is -2.07.